The van der Waals surface area contributed by atoms with Gasteiger partial charge < -0.3 is 13.9 Å². The van der Waals surface area contributed by atoms with Crippen LogP contribution in [0.15, 0.2) is 176 Å². The van der Waals surface area contributed by atoms with Gasteiger partial charge in [0.15, 0.2) is 0 Å². The first-order valence-corrected chi connectivity index (χ1v) is 17.6. The summed E-state index contributed by atoms with van der Waals surface area (Å²) in [4.78, 5) is 4.57. The Morgan fingerprint density at radius 3 is 2.12 bits per heavy atom. The van der Waals surface area contributed by atoms with Crippen LogP contribution in [0.3, 0.4) is 0 Å². The number of benzene rings is 7. The Kier molecular flexibility index (Phi) is 5.93. The summed E-state index contributed by atoms with van der Waals surface area (Å²) in [5.41, 5.74) is 2.06. The number of aromatic nitrogens is 4. The van der Waals surface area contributed by atoms with Crippen LogP contribution in [-0.2, 0) is 21.1 Å². The predicted octanol–water partition coefficient (Wildman–Crippen LogP) is 12.0. The third-order valence-electron chi connectivity index (χ3n) is 9.37. The van der Waals surface area contributed by atoms with Crippen LogP contribution >= 0.6 is 0 Å². The molecule has 57 heavy (non-hydrogen) atoms. The fraction of sp³-hybridized carbons (Fsp3) is 0.0588. The minimum atomic E-state index is -0.621. The number of hydrogen-bond donors (Lipinski definition) is 0. The Morgan fingerprint density at radius 1 is 0.667 bits per heavy atom. The molecular formula is C51H36N4OPt-2. The van der Waals surface area contributed by atoms with E-state index in [1.807, 2.05) is 19.9 Å². The standard InChI is InChI=1S/C51H36N4O.Pt/c1-35(2)38-29-30-52-50(31-38)55-46-24-10-9-21-44(46)45-28-27-41(33-49(45)55)56-40-20-13-19-39(32-40)53-34-54(48-26-12-11-25-47(48)53)51-42(36-15-5-3-6-16-36)22-14-23-43(51)37-17-7-4-8-18-37;/h3-31,35H,1-2H3;/q-2;/i3D,4D,5D,6D,7D,8D,9D,10D,15D,16D,17D,18D,21D,24D,27D,28D;. The molecule has 278 valence electrons. The molecule has 5 nitrogen and oxygen atoms in total. The number of rotatable bonds is 8. The quantitative estimate of drug-likeness (QED) is 0.112. The van der Waals surface area contributed by atoms with Gasteiger partial charge in [-0.05, 0) is 64.4 Å². The molecule has 0 fully saturated rings. The average molecular weight is 932 g/mol. The van der Waals surface area contributed by atoms with Crippen molar-refractivity contribution < 1.29 is 52.3 Å². The molecule has 0 aliphatic heterocycles. The van der Waals surface area contributed by atoms with Crippen LogP contribution in [0.2, 0.25) is 0 Å². The second-order valence-electron chi connectivity index (χ2n) is 13.1. The van der Waals surface area contributed by atoms with Crippen molar-refractivity contribution in [1.82, 2.24) is 14.1 Å². The maximum absolute atomic E-state index is 9.28. The molecule has 0 saturated heterocycles. The van der Waals surface area contributed by atoms with E-state index < -0.39 is 84.6 Å². The topological polar surface area (TPSA) is 35.9 Å². The van der Waals surface area contributed by atoms with E-state index in [0.717, 1.165) is 5.56 Å². The molecule has 0 aliphatic rings. The van der Waals surface area contributed by atoms with Gasteiger partial charge in [0.1, 0.15) is 5.82 Å². The largest absolute Gasteiger partial charge is 0.510 e. The first-order chi connectivity index (χ1) is 34.2. The van der Waals surface area contributed by atoms with Crippen LogP contribution in [0.5, 0.6) is 11.5 Å². The Labute approximate surface area is 368 Å². The summed E-state index contributed by atoms with van der Waals surface area (Å²) in [7, 11) is 0. The Morgan fingerprint density at radius 2 is 1.37 bits per heavy atom. The number of fused-ring (bicyclic) bond motifs is 4. The van der Waals surface area contributed by atoms with Crippen molar-refractivity contribution in [3.8, 4) is 50.9 Å². The van der Waals surface area contributed by atoms with Crippen molar-refractivity contribution in [2.75, 3.05) is 0 Å². The zero-order valence-corrected chi connectivity index (χ0v) is 32.4. The van der Waals surface area contributed by atoms with Crippen LogP contribution in [0.4, 0.5) is 0 Å². The molecule has 0 spiro atoms. The summed E-state index contributed by atoms with van der Waals surface area (Å²) in [6, 6.07) is 17.9. The fourth-order valence-corrected chi connectivity index (χ4v) is 6.79. The molecule has 0 aliphatic carbocycles. The number of nitrogens with zero attached hydrogens (tertiary/aromatic N) is 4. The van der Waals surface area contributed by atoms with Crippen LogP contribution in [-0.4, -0.2) is 14.1 Å². The fourth-order valence-electron chi connectivity index (χ4n) is 6.79. The monoisotopic (exact) mass is 931 g/mol. The van der Waals surface area contributed by atoms with E-state index in [2.05, 4.69) is 23.4 Å². The number of para-hydroxylation sites is 4. The predicted molar refractivity (Wildman–Crippen MR) is 225 cm³/mol. The Bertz CT molecular complexity index is 3840. The van der Waals surface area contributed by atoms with Crippen molar-refractivity contribution in [2.24, 2.45) is 0 Å². The van der Waals surface area contributed by atoms with Crippen LogP contribution in [0.1, 0.15) is 47.3 Å². The minimum Gasteiger partial charge on any atom is -0.510 e. The molecule has 0 radical (unpaired) electrons. The van der Waals surface area contributed by atoms with E-state index >= 15 is 0 Å². The molecule has 0 saturated carbocycles. The number of pyridine rings is 1. The maximum Gasteiger partial charge on any atom is 0.268 e. The van der Waals surface area contributed by atoms with E-state index in [1.165, 1.54) is 27.3 Å². The van der Waals surface area contributed by atoms with Gasteiger partial charge in [0, 0.05) is 45.6 Å². The number of ether oxygens (including phenoxy) is 1. The van der Waals surface area contributed by atoms with Gasteiger partial charge in [0.25, 0.3) is 6.33 Å². The molecule has 0 bridgehead atoms. The summed E-state index contributed by atoms with van der Waals surface area (Å²) >= 11 is 0. The molecule has 0 N–H and O–H groups in total. The molecule has 3 aromatic heterocycles. The van der Waals surface area contributed by atoms with E-state index in [0.29, 0.717) is 22.5 Å². The van der Waals surface area contributed by atoms with Crippen LogP contribution < -0.4 is 9.30 Å². The molecule has 6 heteroatoms. The molecular weight excluding hydrogens is 880 g/mol. The zero-order valence-electron chi connectivity index (χ0n) is 46.1. The van der Waals surface area contributed by atoms with Gasteiger partial charge in [0.05, 0.1) is 35.9 Å². The second-order valence-corrected chi connectivity index (χ2v) is 13.1. The Hall–Kier alpha value is -6.55. The Balaban J connectivity index is 0.00000656. The summed E-state index contributed by atoms with van der Waals surface area (Å²) in [5, 5.41) is 0.0717. The van der Waals surface area contributed by atoms with Gasteiger partial charge >= 0.3 is 0 Å². The van der Waals surface area contributed by atoms with Gasteiger partial charge in [-0.2, -0.15) is 18.2 Å². The van der Waals surface area contributed by atoms with Gasteiger partial charge in [-0.15, -0.1) is 29.6 Å². The first-order valence-electron chi connectivity index (χ1n) is 25.6. The van der Waals surface area contributed by atoms with Crippen molar-refractivity contribution in [1.29, 1.82) is 0 Å². The first kappa shape index (κ1) is 22.3. The molecule has 10 rings (SSSR count). The molecule has 0 unspecified atom stereocenters. The summed E-state index contributed by atoms with van der Waals surface area (Å²) in [5.74, 6) is 0.176. The van der Waals surface area contributed by atoms with Crippen molar-refractivity contribution in [3.05, 3.63) is 200 Å². The van der Waals surface area contributed by atoms with Crippen molar-refractivity contribution in [3.63, 3.8) is 0 Å². The van der Waals surface area contributed by atoms with E-state index in [-0.39, 0.29) is 100 Å². The number of imidazole rings is 1. The molecule has 0 atom stereocenters. The van der Waals surface area contributed by atoms with E-state index in [4.69, 9.17) is 25.3 Å². The van der Waals surface area contributed by atoms with Crippen LogP contribution in [0, 0.1) is 18.5 Å². The minimum absolute atomic E-state index is 0. The third kappa shape index (κ3) is 6.54. The summed E-state index contributed by atoms with van der Waals surface area (Å²) in [6.45, 7) is 3.99. The van der Waals surface area contributed by atoms with E-state index in [1.54, 1.807) is 59.3 Å². The maximum atomic E-state index is 9.28. The normalized spacial score (nSPS) is 15.3. The van der Waals surface area contributed by atoms with E-state index in [9.17, 15) is 1.37 Å². The van der Waals surface area contributed by atoms with Crippen LogP contribution in [0.25, 0.3) is 72.3 Å². The zero-order chi connectivity index (χ0) is 51.5. The van der Waals surface area contributed by atoms with Gasteiger partial charge in [0.2, 0.25) is 0 Å². The van der Waals surface area contributed by atoms with Gasteiger partial charge in [-0.1, -0.05) is 140 Å². The van der Waals surface area contributed by atoms with Gasteiger partial charge in [-0.25, -0.2) is 4.98 Å². The van der Waals surface area contributed by atoms with Crippen molar-refractivity contribution >= 4 is 32.8 Å². The summed E-state index contributed by atoms with van der Waals surface area (Å²) in [6.07, 6.45) is 4.88. The molecule has 7 aromatic carbocycles. The van der Waals surface area contributed by atoms with Gasteiger partial charge in [-0.3, -0.25) is 4.57 Å². The molecule has 3 heterocycles. The molecule has 0 amide bonds. The SMILES string of the molecule is [2H]c1c([2H])c([2H])c(-c2cccc(-c3c([2H])c([2H])c([2H])c([2H])c3[2H])c2-[n+]2[c-]n(-c3[c-]c(Oc4[c-]c5c(c([2H])c4[2H])c4c([2H])c([2H])c([2H])c([2H])c4n5-c4cc(C(C)C)ccn4)ccc3)c3ccccc32)c([2H])c1[2H].[Pt]. The second kappa shape index (κ2) is 15.2. The number of hydrogen-bond acceptors (Lipinski definition) is 2. The summed E-state index contributed by atoms with van der Waals surface area (Å²) < 4.78 is 151. The third-order valence-corrected chi connectivity index (χ3v) is 9.37. The van der Waals surface area contributed by atoms with Crippen molar-refractivity contribution in [2.45, 2.75) is 19.8 Å². The smallest absolute Gasteiger partial charge is 0.268 e. The molecule has 10 aromatic rings. The average Bonchev–Trinajstić information content (AvgIpc) is 3.93.